The van der Waals surface area contributed by atoms with Gasteiger partial charge in [0.2, 0.25) is 10.0 Å². The molecule has 0 spiro atoms. The number of ether oxygens (including phenoxy) is 1. The van der Waals surface area contributed by atoms with E-state index in [1.165, 1.54) is 6.07 Å². The van der Waals surface area contributed by atoms with Crippen LogP contribution in [0.1, 0.15) is 20.3 Å². The number of nitro benzene ring substituents is 1. The number of hydrogen-bond donors (Lipinski definition) is 1. The number of nitrogens with zero attached hydrogens (tertiary/aromatic N) is 2. The van der Waals surface area contributed by atoms with Gasteiger partial charge in [0, 0.05) is 12.1 Å². The van der Waals surface area contributed by atoms with E-state index in [1.54, 1.807) is 13.8 Å². The van der Waals surface area contributed by atoms with Gasteiger partial charge in [-0.05, 0) is 26.3 Å². The van der Waals surface area contributed by atoms with E-state index >= 15 is 0 Å². The number of non-ortho nitro benzene ring substituents is 1. The average Bonchev–Trinajstić information content (AvgIpc) is 2.37. The van der Waals surface area contributed by atoms with Gasteiger partial charge in [-0.1, -0.05) is 0 Å². The molecule has 0 aliphatic carbocycles. The summed E-state index contributed by atoms with van der Waals surface area (Å²) in [5, 5.41) is 24.6. The van der Waals surface area contributed by atoms with Gasteiger partial charge in [-0.25, -0.2) is 13.6 Å². The van der Waals surface area contributed by atoms with Crippen molar-refractivity contribution in [3.05, 3.63) is 28.3 Å². The van der Waals surface area contributed by atoms with E-state index < -0.39 is 30.9 Å². The molecule has 0 aliphatic heterocycles. The van der Waals surface area contributed by atoms with Crippen molar-refractivity contribution in [2.75, 3.05) is 6.61 Å². The van der Waals surface area contributed by atoms with E-state index in [0.717, 1.165) is 12.1 Å². The van der Waals surface area contributed by atoms with Gasteiger partial charge in [-0.2, -0.15) is 5.26 Å². The molecule has 0 unspecified atom stereocenters. The molecule has 9 heteroatoms. The van der Waals surface area contributed by atoms with Crippen LogP contribution >= 0.6 is 0 Å². The minimum absolute atomic E-state index is 0.0724. The van der Waals surface area contributed by atoms with E-state index in [0.29, 0.717) is 6.42 Å². The number of sulfonamides is 1. The molecule has 2 N–H and O–H groups in total. The third kappa shape index (κ3) is 4.70. The highest BCUT2D eigenvalue weighted by Crippen LogP contribution is 2.28. The van der Waals surface area contributed by atoms with Crippen molar-refractivity contribution in [2.45, 2.75) is 25.2 Å². The Labute approximate surface area is 122 Å². The van der Waals surface area contributed by atoms with Crippen molar-refractivity contribution in [3.8, 4) is 11.8 Å². The molecule has 0 saturated carbocycles. The van der Waals surface area contributed by atoms with E-state index in [9.17, 15) is 18.5 Å². The Morgan fingerprint density at radius 3 is 2.57 bits per heavy atom. The Kier molecular flexibility index (Phi) is 4.88. The molecular formula is C12H15N3O5S. The van der Waals surface area contributed by atoms with E-state index in [2.05, 4.69) is 6.07 Å². The van der Waals surface area contributed by atoms with Crippen molar-refractivity contribution >= 4 is 15.7 Å². The maximum atomic E-state index is 11.5. The van der Waals surface area contributed by atoms with Gasteiger partial charge >= 0.3 is 0 Å². The minimum Gasteiger partial charge on any atom is -0.492 e. The third-order valence-electron chi connectivity index (χ3n) is 2.73. The molecule has 1 aromatic rings. The zero-order chi connectivity index (χ0) is 16.3. The Balaban J connectivity index is 3.03. The van der Waals surface area contributed by atoms with Crippen molar-refractivity contribution < 1.29 is 18.1 Å². The number of primary sulfonamides is 1. The quantitative estimate of drug-likeness (QED) is 0.625. The predicted molar refractivity (Wildman–Crippen MR) is 74.0 cm³/mol. The second-order valence-corrected chi connectivity index (χ2v) is 6.56. The van der Waals surface area contributed by atoms with Crippen LogP contribution < -0.4 is 9.88 Å². The predicted octanol–water partition coefficient (Wildman–Crippen LogP) is 1.56. The summed E-state index contributed by atoms with van der Waals surface area (Å²) in [5.74, 6) is -0.0724. The lowest BCUT2D eigenvalue weighted by Gasteiger charge is -2.16. The lowest BCUT2D eigenvalue weighted by Crippen LogP contribution is -2.17. The lowest BCUT2D eigenvalue weighted by molar-refractivity contribution is -0.385. The first-order valence-electron chi connectivity index (χ1n) is 5.92. The molecule has 0 atom stereocenters. The maximum Gasteiger partial charge on any atom is 0.271 e. The zero-order valence-electron chi connectivity index (χ0n) is 11.6. The molecule has 0 radical (unpaired) electrons. The second kappa shape index (κ2) is 6.07. The van der Waals surface area contributed by atoms with Crippen LogP contribution in [-0.4, -0.2) is 19.9 Å². The average molecular weight is 313 g/mol. The summed E-state index contributed by atoms with van der Waals surface area (Å²) in [7, 11) is -4.16. The highest BCUT2D eigenvalue weighted by molar-refractivity contribution is 7.89. The molecule has 0 aromatic heterocycles. The van der Waals surface area contributed by atoms with Crippen LogP contribution in [0.25, 0.3) is 0 Å². The summed E-state index contributed by atoms with van der Waals surface area (Å²) in [4.78, 5) is 9.49. The fourth-order valence-electron chi connectivity index (χ4n) is 1.42. The van der Waals surface area contributed by atoms with Crippen LogP contribution in [0.2, 0.25) is 0 Å². The van der Waals surface area contributed by atoms with Crippen molar-refractivity contribution in [1.29, 1.82) is 5.26 Å². The Bertz CT molecular complexity index is 691. The van der Waals surface area contributed by atoms with Crippen molar-refractivity contribution in [2.24, 2.45) is 10.6 Å². The smallest absolute Gasteiger partial charge is 0.271 e. The second-order valence-electron chi connectivity index (χ2n) is 5.03. The largest absolute Gasteiger partial charge is 0.492 e. The summed E-state index contributed by atoms with van der Waals surface area (Å²) in [6.45, 7) is 3.51. The third-order valence-corrected chi connectivity index (χ3v) is 3.66. The Morgan fingerprint density at radius 1 is 1.48 bits per heavy atom. The van der Waals surface area contributed by atoms with Gasteiger partial charge in [-0.3, -0.25) is 10.1 Å². The highest BCUT2D eigenvalue weighted by Gasteiger charge is 2.21. The first-order valence-corrected chi connectivity index (χ1v) is 7.47. The number of nitrogens with two attached hydrogens (primary N) is 1. The Morgan fingerprint density at radius 2 is 2.10 bits per heavy atom. The molecule has 0 amide bonds. The molecule has 1 rings (SSSR count). The number of nitriles is 1. The van der Waals surface area contributed by atoms with Crippen LogP contribution in [0, 0.1) is 26.9 Å². The van der Waals surface area contributed by atoms with Crippen molar-refractivity contribution in [3.63, 3.8) is 0 Å². The molecule has 0 heterocycles. The summed E-state index contributed by atoms with van der Waals surface area (Å²) in [6, 6.07) is 5.23. The van der Waals surface area contributed by atoms with E-state index in [1.807, 2.05) is 0 Å². The molecule has 0 aliphatic rings. The lowest BCUT2D eigenvalue weighted by atomic mass is 9.92. The molecule has 1 aromatic carbocycles. The molecule has 0 saturated heterocycles. The summed E-state index contributed by atoms with van der Waals surface area (Å²) >= 11 is 0. The molecular weight excluding hydrogens is 298 g/mol. The maximum absolute atomic E-state index is 11.5. The van der Waals surface area contributed by atoms with Gasteiger partial charge in [0.05, 0.1) is 23.0 Å². The number of nitro groups is 1. The zero-order valence-corrected chi connectivity index (χ0v) is 12.4. The van der Waals surface area contributed by atoms with Crippen LogP contribution in [0.5, 0.6) is 5.75 Å². The SMILES string of the molecule is CC(C)(C#N)CCOc1ccc([N+](=O)[O-])cc1S(N)(=O)=O. The van der Waals surface area contributed by atoms with Gasteiger partial charge < -0.3 is 4.74 Å². The molecule has 114 valence electrons. The number of benzene rings is 1. The first kappa shape index (κ1) is 16.9. The molecule has 21 heavy (non-hydrogen) atoms. The van der Waals surface area contributed by atoms with Crippen LogP contribution in [0.3, 0.4) is 0 Å². The monoisotopic (exact) mass is 313 g/mol. The fourth-order valence-corrected chi connectivity index (χ4v) is 2.12. The summed E-state index contributed by atoms with van der Waals surface area (Å²) in [6.07, 6.45) is 0.366. The van der Waals surface area contributed by atoms with Gasteiger partial charge in [0.15, 0.2) is 0 Å². The van der Waals surface area contributed by atoms with Crippen molar-refractivity contribution in [1.82, 2.24) is 0 Å². The normalized spacial score (nSPS) is 11.7. The summed E-state index contributed by atoms with van der Waals surface area (Å²) in [5.41, 5.74) is -1.02. The van der Waals surface area contributed by atoms with Crippen LogP contribution in [0.4, 0.5) is 5.69 Å². The number of rotatable bonds is 6. The minimum atomic E-state index is -4.16. The molecule has 0 bridgehead atoms. The topological polar surface area (TPSA) is 136 Å². The van der Waals surface area contributed by atoms with Crippen LogP contribution in [-0.2, 0) is 10.0 Å². The standard InChI is InChI=1S/C12H15N3O5S/c1-12(2,8-13)5-6-20-10-4-3-9(15(16)17)7-11(10)21(14,18)19/h3-4,7H,5-6H2,1-2H3,(H2,14,18,19). The van der Waals surface area contributed by atoms with E-state index in [4.69, 9.17) is 15.1 Å². The van der Waals surface area contributed by atoms with Gasteiger partial charge in [0.25, 0.3) is 5.69 Å². The van der Waals surface area contributed by atoms with Gasteiger partial charge in [-0.15, -0.1) is 0 Å². The molecule has 8 nitrogen and oxygen atoms in total. The fraction of sp³-hybridized carbons (Fsp3) is 0.417. The number of hydrogen-bond acceptors (Lipinski definition) is 6. The Hall–Kier alpha value is -2.18. The first-order chi connectivity index (χ1) is 9.57. The molecule has 0 fully saturated rings. The van der Waals surface area contributed by atoms with Gasteiger partial charge in [0.1, 0.15) is 10.6 Å². The van der Waals surface area contributed by atoms with Crippen LogP contribution in [0.15, 0.2) is 23.1 Å². The van der Waals surface area contributed by atoms with E-state index in [-0.39, 0.29) is 12.4 Å². The highest BCUT2D eigenvalue weighted by atomic mass is 32.2. The summed E-state index contributed by atoms with van der Waals surface area (Å²) < 4.78 is 28.2.